The molecule has 8 nitrogen and oxygen atoms in total. The monoisotopic (exact) mass is 219 g/mol. The van der Waals surface area contributed by atoms with Crippen LogP contribution < -0.4 is 5.32 Å². The number of aromatic amines is 1. The fraction of sp³-hybridized carbons (Fsp3) is 0.250. The molecule has 2 heterocycles. The van der Waals surface area contributed by atoms with E-state index in [-0.39, 0.29) is 11.6 Å². The molecule has 0 saturated carbocycles. The van der Waals surface area contributed by atoms with Gasteiger partial charge in [0, 0.05) is 25.4 Å². The molecular weight excluding hydrogens is 210 g/mol. The zero-order valence-corrected chi connectivity index (χ0v) is 8.29. The Balaban J connectivity index is 1.81. The summed E-state index contributed by atoms with van der Waals surface area (Å²) in [5.74, 6) is 0.288. The van der Waals surface area contributed by atoms with E-state index in [1.807, 2.05) is 0 Å². The smallest absolute Gasteiger partial charge is 0.271 e. The summed E-state index contributed by atoms with van der Waals surface area (Å²) >= 11 is 0. The number of tetrazole rings is 1. The highest BCUT2D eigenvalue weighted by atomic mass is 16.1. The molecule has 0 atom stereocenters. The predicted molar refractivity (Wildman–Crippen MR) is 52.2 cm³/mol. The Morgan fingerprint density at radius 1 is 1.44 bits per heavy atom. The Bertz CT molecular complexity index is 441. The molecule has 82 valence electrons. The Morgan fingerprint density at radius 2 is 2.38 bits per heavy atom. The van der Waals surface area contributed by atoms with Gasteiger partial charge in [0.25, 0.3) is 5.91 Å². The average Bonchev–Trinajstić information content (AvgIpc) is 2.83. The fourth-order valence-corrected chi connectivity index (χ4v) is 1.08. The maximum Gasteiger partial charge on any atom is 0.271 e. The van der Waals surface area contributed by atoms with Gasteiger partial charge in [0.2, 0.25) is 0 Å². The summed E-state index contributed by atoms with van der Waals surface area (Å²) in [5, 5.41) is 15.9. The molecule has 0 fully saturated rings. The number of amides is 1. The number of nitrogens with one attached hydrogen (secondary N) is 2. The molecule has 2 N–H and O–H groups in total. The summed E-state index contributed by atoms with van der Waals surface area (Å²) in [5.41, 5.74) is 0.288. The van der Waals surface area contributed by atoms with Crippen LogP contribution in [0.25, 0.3) is 0 Å². The largest absolute Gasteiger partial charge is 0.350 e. The highest BCUT2D eigenvalue weighted by Gasteiger charge is 2.06. The van der Waals surface area contributed by atoms with Gasteiger partial charge in [-0.3, -0.25) is 9.78 Å². The molecule has 16 heavy (non-hydrogen) atoms. The van der Waals surface area contributed by atoms with E-state index in [2.05, 4.69) is 35.9 Å². The standard InChI is InChI=1S/C8H9N7O/c16-8(6-5-9-3-4-10-6)11-2-1-7-12-14-15-13-7/h3-5H,1-2H2,(H,11,16)(H,12,13,14,15). The van der Waals surface area contributed by atoms with Crippen LogP contribution in [0.3, 0.4) is 0 Å². The van der Waals surface area contributed by atoms with Gasteiger partial charge in [-0.05, 0) is 0 Å². The van der Waals surface area contributed by atoms with Crippen LogP contribution in [0, 0.1) is 0 Å². The van der Waals surface area contributed by atoms with E-state index in [9.17, 15) is 4.79 Å². The van der Waals surface area contributed by atoms with Gasteiger partial charge in [-0.2, -0.15) is 5.21 Å². The number of rotatable bonds is 4. The molecule has 2 aromatic heterocycles. The maximum atomic E-state index is 11.5. The quantitative estimate of drug-likeness (QED) is 0.679. The van der Waals surface area contributed by atoms with Crippen molar-refractivity contribution in [1.82, 2.24) is 35.9 Å². The van der Waals surface area contributed by atoms with Crippen molar-refractivity contribution in [2.45, 2.75) is 6.42 Å². The molecule has 0 radical (unpaired) electrons. The summed E-state index contributed by atoms with van der Waals surface area (Å²) in [7, 11) is 0. The van der Waals surface area contributed by atoms with E-state index in [0.717, 1.165) is 0 Å². The third-order valence-electron chi connectivity index (χ3n) is 1.82. The van der Waals surface area contributed by atoms with Crippen LogP contribution in [0.15, 0.2) is 18.6 Å². The first-order valence-electron chi connectivity index (χ1n) is 4.63. The van der Waals surface area contributed by atoms with Crippen molar-refractivity contribution < 1.29 is 4.79 Å². The Kier molecular flexibility index (Phi) is 3.12. The number of carbonyl (C=O) groups excluding carboxylic acids is 1. The van der Waals surface area contributed by atoms with Crippen molar-refractivity contribution in [1.29, 1.82) is 0 Å². The van der Waals surface area contributed by atoms with Crippen molar-refractivity contribution >= 4 is 5.91 Å². The second kappa shape index (κ2) is 4.91. The van der Waals surface area contributed by atoms with E-state index in [4.69, 9.17) is 0 Å². The molecule has 2 aromatic rings. The van der Waals surface area contributed by atoms with Gasteiger partial charge in [0.05, 0.1) is 6.20 Å². The topological polar surface area (TPSA) is 109 Å². The summed E-state index contributed by atoms with van der Waals surface area (Å²) < 4.78 is 0. The third-order valence-corrected chi connectivity index (χ3v) is 1.82. The minimum absolute atomic E-state index is 0.267. The number of H-pyrrole nitrogens is 1. The van der Waals surface area contributed by atoms with Gasteiger partial charge >= 0.3 is 0 Å². The second-order valence-corrected chi connectivity index (χ2v) is 2.92. The molecule has 0 saturated heterocycles. The Hall–Kier alpha value is -2.38. The molecule has 0 unspecified atom stereocenters. The summed E-state index contributed by atoms with van der Waals surface area (Å²) in [4.78, 5) is 19.2. The minimum Gasteiger partial charge on any atom is -0.350 e. The number of hydrogen-bond acceptors (Lipinski definition) is 6. The molecule has 0 spiro atoms. The van der Waals surface area contributed by atoms with E-state index < -0.39 is 0 Å². The van der Waals surface area contributed by atoms with Gasteiger partial charge < -0.3 is 5.32 Å². The van der Waals surface area contributed by atoms with Crippen LogP contribution in [0.5, 0.6) is 0 Å². The fourth-order valence-electron chi connectivity index (χ4n) is 1.08. The molecule has 0 aliphatic heterocycles. The molecule has 0 bridgehead atoms. The zero-order valence-electron chi connectivity index (χ0n) is 8.29. The average molecular weight is 219 g/mol. The van der Waals surface area contributed by atoms with Crippen molar-refractivity contribution in [3.8, 4) is 0 Å². The van der Waals surface area contributed by atoms with Crippen LogP contribution in [-0.2, 0) is 6.42 Å². The first-order chi connectivity index (χ1) is 7.86. The minimum atomic E-state index is -0.267. The van der Waals surface area contributed by atoms with Crippen molar-refractivity contribution in [3.05, 3.63) is 30.1 Å². The van der Waals surface area contributed by atoms with Gasteiger partial charge in [0.15, 0.2) is 5.82 Å². The van der Waals surface area contributed by atoms with Gasteiger partial charge in [-0.15, -0.1) is 10.2 Å². The molecule has 0 aliphatic carbocycles. The van der Waals surface area contributed by atoms with E-state index in [1.165, 1.54) is 18.6 Å². The van der Waals surface area contributed by atoms with Gasteiger partial charge in [-0.25, -0.2) is 4.98 Å². The number of hydrogen-bond donors (Lipinski definition) is 2. The Morgan fingerprint density at radius 3 is 3.06 bits per heavy atom. The van der Waals surface area contributed by atoms with E-state index >= 15 is 0 Å². The zero-order chi connectivity index (χ0) is 11.2. The second-order valence-electron chi connectivity index (χ2n) is 2.92. The lowest BCUT2D eigenvalue weighted by molar-refractivity contribution is 0.0948. The van der Waals surface area contributed by atoms with Crippen molar-refractivity contribution in [2.75, 3.05) is 6.54 Å². The summed E-state index contributed by atoms with van der Waals surface area (Å²) in [6, 6.07) is 0. The van der Waals surface area contributed by atoms with Crippen molar-refractivity contribution in [2.24, 2.45) is 0 Å². The highest BCUT2D eigenvalue weighted by molar-refractivity contribution is 5.91. The molecule has 0 aliphatic rings. The van der Waals surface area contributed by atoms with Crippen LogP contribution in [0.4, 0.5) is 0 Å². The molecule has 1 amide bonds. The third kappa shape index (κ3) is 2.56. The first-order valence-corrected chi connectivity index (χ1v) is 4.63. The Labute approximate surface area is 90.5 Å². The molecular formula is C8H9N7O. The lowest BCUT2D eigenvalue weighted by Gasteiger charge is -2.01. The highest BCUT2D eigenvalue weighted by Crippen LogP contribution is 1.90. The van der Waals surface area contributed by atoms with Crippen LogP contribution >= 0.6 is 0 Å². The maximum absolute atomic E-state index is 11.5. The number of carbonyl (C=O) groups is 1. The molecule has 2 rings (SSSR count). The van der Waals surface area contributed by atoms with E-state index in [1.54, 1.807) is 0 Å². The lowest BCUT2D eigenvalue weighted by Crippen LogP contribution is -2.26. The summed E-state index contributed by atoms with van der Waals surface area (Å²) in [6.07, 6.45) is 4.90. The normalized spacial score (nSPS) is 10.0. The van der Waals surface area contributed by atoms with Gasteiger partial charge in [-0.1, -0.05) is 5.21 Å². The van der Waals surface area contributed by atoms with Crippen molar-refractivity contribution in [3.63, 3.8) is 0 Å². The van der Waals surface area contributed by atoms with Crippen LogP contribution in [-0.4, -0.2) is 43.0 Å². The molecule has 0 aromatic carbocycles. The SMILES string of the molecule is O=C(NCCc1nn[nH]n1)c1cnccn1. The van der Waals surface area contributed by atoms with E-state index in [0.29, 0.717) is 18.8 Å². The predicted octanol–water partition coefficient (Wildman–Crippen LogP) is -1.04. The summed E-state index contributed by atoms with van der Waals surface area (Å²) in [6.45, 7) is 0.426. The van der Waals surface area contributed by atoms with Crippen LogP contribution in [0.1, 0.15) is 16.3 Å². The number of nitrogens with zero attached hydrogens (tertiary/aromatic N) is 5. The van der Waals surface area contributed by atoms with Crippen LogP contribution in [0.2, 0.25) is 0 Å². The number of aromatic nitrogens is 6. The first kappa shape index (κ1) is 10.1. The lowest BCUT2D eigenvalue weighted by atomic mass is 10.3. The van der Waals surface area contributed by atoms with Gasteiger partial charge in [0.1, 0.15) is 5.69 Å². The molecule has 8 heteroatoms.